The zero-order valence-corrected chi connectivity index (χ0v) is 8.89. The summed E-state index contributed by atoms with van der Waals surface area (Å²) < 4.78 is 4.92. The third-order valence-corrected chi connectivity index (χ3v) is 2.40. The second-order valence-electron chi connectivity index (χ2n) is 3.00. The largest absolute Gasteiger partial charge is 0.462 e. The van der Waals surface area contributed by atoms with Gasteiger partial charge in [-0.05, 0) is 24.6 Å². The van der Waals surface area contributed by atoms with Gasteiger partial charge in [-0.1, -0.05) is 0 Å². The summed E-state index contributed by atoms with van der Waals surface area (Å²) in [4.78, 5) is 17.3. The highest BCUT2D eigenvalue weighted by atomic mass is 35.5. The Hall–Kier alpha value is -1.55. The minimum Gasteiger partial charge on any atom is -0.462 e. The zero-order chi connectivity index (χ0) is 10.8. The molecule has 0 aliphatic heterocycles. The van der Waals surface area contributed by atoms with Crippen molar-refractivity contribution in [3.05, 3.63) is 29.2 Å². The highest BCUT2D eigenvalue weighted by Gasteiger charge is 2.18. The number of carbonyl (C=O) groups is 1. The summed E-state index contributed by atoms with van der Waals surface area (Å²) in [5.41, 5.74) is 1.15. The molecule has 0 spiro atoms. The van der Waals surface area contributed by atoms with Gasteiger partial charge in [0.25, 0.3) is 5.15 Å². The average molecular weight is 226 g/mol. The Morgan fingerprint density at radius 3 is 3.20 bits per heavy atom. The highest BCUT2D eigenvalue weighted by Crippen LogP contribution is 2.21. The van der Waals surface area contributed by atoms with Crippen LogP contribution >= 0.6 is 11.6 Å². The van der Waals surface area contributed by atoms with Gasteiger partial charge in [0.1, 0.15) is 5.56 Å². The SMILES string of the molecule is CCOC(=O)c1c[nH+]c(Cl)c2cc[nH]c12. The molecule has 0 aromatic carbocycles. The number of aromatic amines is 2. The van der Waals surface area contributed by atoms with Gasteiger partial charge in [-0.15, -0.1) is 0 Å². The lowest BCUT2D eigenvalue weighted by Gasteiger charge is -2.00. The first-order valence-corrected chi connectivity index (χ1v) is 4.96. The van der Waals surface area contributed by atoms with Crippen molar-refractivity contribution in [3.63, 3.8) is 0 Å². The van der Waals surface area contributed by atoms with Gasteiger partial charge in [0, 0.05) is 6.20 Å². The summed E-state index contributed by atoms with van der Waals surface area (Å²) in [6.07, 6.45) is 3.27. The molecular formula is C10H10ClN2O2+. The van der Waals surface area contributed by atoms with Gasteiger partial charge < -0.3 is 9.72 Å². The fraction of sp³-hybridized carbons (Fsp3) is 0.200. The van der Waals surface area contributed by atoms with Gasteiger partial charge in [-0.3, -0.25) is 0 Å². The Labute approximate surface area is 91.2 Å². The van der Waals surface area contributed by atoms with Crippen LogP contribution in [0.3, 0.4) is 0 Å². The van der Waals surface area contributed by atoms with Crippen molar-refractivity contribution < 1.29 is 14.5 Å². The number of fused-ring (bicyclic) bond motifs is 1. The van der Waals surface area contributed by atoms with E-state index < -0.39 is 0 Å². The molecule has 78 valence electrons. The molecule has 4 nitrogen and oxygen atoms in total. The first kappa shape index (κ1) is 9.98. The number of nitrogens with one attached hydrogen (secondary N) is 2. The quantitative estimate of drug-likeness (QED) is 0.626. The molecule has 0 saturated heterocycles. The molecule has 0 bridgehead atoms. The van der Waals surface area contributed by atoms with Crippen LogP contribution in [0.25, 0.3) is 10.9 Å². The Bertz CT molecular complexity index is 507. The molecule has 15 heavy (non-hydrogen) atoms. The van der Waals surface area contributed by atoms with Crippen LogP contribution in [0, 0.1) is 0 Å². The van der Waals surface area contributed by atoms with Crippen molar-refractivity contribution in [3.8, 4) is 0 Å². The highest BCUT2D eigenvalue weighted by molar-refractivity contribution is 6.33. The maximum absolute atomic E-state index is 11.6. The average Bonchev–Trinajstić information content (AvgIpc) is 2.68. The first-order valence-electron chi connectivity index (χ1n) is 4.58. The first-order chi connectivity index (χ1) is 7.24. The van der Waals surface area contributed by atoms with Crippen molar-refractivity contribution in [2.24, 2.45) is 0 Å². The van der Waals surface area contributed by atoms with Gasteiger partial charge in [0.05, 0.1) is 17.5 Å². The maximum Gasteiger partial charge on any atom is 0.346 e. The lowest BCUT2D eigenvalue weighted by molar-refractivity contribution is -0.373. The number of H-pyrrole nitrogens is 2. The molecule has 0 aliphatic carbocycles. The van der Waals surface area contributed by atoms with Gasteiger partial charge in [-0.2, -0.15) is 4.98 Å². The number of hydrogen-bond donors (Lipinski definition) is 1. The lowest BCUT2D eigenvalue weighted by Crippen LogP contribution is -2.12. The van der Waals surface area contributed by atoms with Gasteiger partial charge in [0.2, 0.25) is 0 Å². The van der Waals surface area contributed by atoms with E-state index in [9.17, 15) is 4.79 Å². The molecule has 0 amide bonds. The molecule has 2 aromatic heterocycles. The van der Waals surface area contributed by atoms with E-state index in [1.165, 1.54) is 0 Å². The molecular weight excluding hydrogens is 216 g/mol. The van der Waals surface area contributed by atoms with Crippen LogP contribution in [0.1, 0.15) is 17.3 Å². The molecule has 2 aromatic rings. The molecule has 0 radical (unpaired) electrons. The second kappa shape index (κ2) is 3.90. The molecule has 5 heteroatoms. The summed E-state index contributed by atoms with van der Waals surface area (Å²) in [5, 5.41) is 1.28. The summed E-state index contributed by atoms with van der Waals surface area (Å²) in [6, 6.07) is 1.80. The van der Waals surface area contributed by atoms with Crippen LogP contribution in [0.4, 0.5) is 0 Å². The van der Waals surface area contributed by atoms with Crippen molar-refractivity contribution in [2.75, 3.05) is 6.61 Å². The zero-order valence-electron chi connectivity index (χ0n) is 8.13. The van der Waals surface area contributed by atoms with Gasteiger partial charge in [-0.25, -0.2) is 4.79 Å². The third kappa shape index (κ3) is 1.68. The summed E-state index contributed by atoms with van der Waals surface area (Å²) in [5.74, 6) is -0.363. The van der Waals surface area contributed by atoms with Crippen LogP contribution in [0.2, 0.25) is 5.15 Å². The molecule has 0 fully saturated rings. The minimum atomic E-state index is -0.363. The smallest absolute Gasteiger partial charge is 0.346 e. The number of aromatic nitrogens is 2. The number of ether oxygens (including phenoxy) is 1. The van der Waals surface area contributed by atoms with E-state index in [4.69, 9.17) is 16.3 Å². The van der Waals surface area contributed by atoms with Crippen molar-refractivity contribution in [1.29, 1.82) is 0 Å². The predicted octanol–water partition coefficient (Wildman–Crippen LogP) is 1.81. The fourth-order valence-electron chi connectivity index (χ4n) is 1.43. The van der Waals surface area contributed by atoms with E-state index >= 15 is 0 Å². The molecule has 0 aliphatic rings. The minimum absolute atomic E-state index is 0.351. The maximum atomic E-state index is 11.6. The topological polar surface area (TPSA) is 56.2 Å². The molecule has 0 unspecified atom stereocenters. The Kier molecular flexibility index (Phi) is 2.60. The Balaban J connectivity index is 2.57. The fourth-order valence-corrected chi connectivity index (χ4v) is 1.64. The molecule has 0 saturated carbocycles. The Morgan fingerprint density at radius 1 is 1.67 bits per heavy atom. The van der Waals surface area contributed by atoms with E-state index in [-0.39, 0.29) is 5.97 Å². The van der Waals surface area contributed by atoms with Crippen LogP contribution in [0.5, 0.6) is 0 Å². The molecule has 2 N–H and O–H groups in total. The molecule has 2 heterocycles. The van der Waals surface area contributed by atoms with Crippen LogP contribution in [-0.4, -0.2) is 17.6 Å². The standard InChI is InChI=1S/C10H9ClN2O2/c1-2-15-10(14)7-5-13-9(11)6-3-4-12-8(6)7/h3-5,12H,2H2,1H3/p+1. The van der Waals surface area contributed by atoms with Crippen LogP contribution < -0.4 is 4.98 Å². The lowest BCUT2D eigenvalue weighted by atomic mass is 10.2. The second-order valence-corrected chi connectivity index (χ2v) is 3.38. The van der Waals surface area contributed by atoms with Crippen molar-refractivity contribution in [2.45, 2.75) is 6.92 Å². The van der Waals surface area contributed by atoms with Gasteiger partial charge in [0.15, 0.2) is 6.20 Å². The van der Waals surface area contributed by atoms with E-state index in [2.05, 4.69) is 9.97 Å². The van der Waals surface area contributed by atoms with Crippen LogP contribution in [0.15, 0.2) is 18.5 Å². The predicted molar refractivity (Wildman–Crippen MR) is 55.8 cm³/mol. The number of esters is 1. The monoisotopic (exact) mass is 225 g/mol. The van der Waals surface area contributed by atoms with Crippen molar-refractivity contribution in [1.82, 2.24) is 4.98 Å². The van der Waals surface area contributed by atoms with E-state index in [0.717, 1.165) is 5.39 Å². The van der Waals surface area contributed by atoms with E-state index in [1.807, 2.05) is 0 Å². The summed E-state index contributed by atoms with van der Waals surface area (Å²) in [7, 11) is 0. The normalized spacial score (nSPS) is 10.5. The third-order valence-electron chi connectivity index (χ3n) is 2.09. The summed E-state index contributed by atoms with van der Waals surface area (Å²) in [6.45, 7) is 2.12. The number of hydrogen-bond acceptors (Lipinski definition) is 2. The number of carbonyl (C=O) groups excluding carboxylic acids is 1. The summed E-state index contributed by atoms with van der Waals surface area (Å²) >= 11 is 5.92. The van der Waals surface area contributed by atoms with E-state index in [0.29, 0.717) is 22.8 Å². The van der Waals surface area contributed by atoms with E-state index in [1.54, 1.807) is 25.4 Å². The Morgan fingerprint density at radius 2 is 2.47 bits per heavy atom. The van der Waals surface area contributed by atoms with Crippen LogP contribution in [-0.2, 0) is 4.74 Å². The molecule has 2 rings (SSSR count). The number of rotatable bonds is 2. The molecule has 0 atom stereocenters. The number of pyridine rings is 1. The number of halogens is 1. The van der Waals surface area contributed by atoms with Crippen molar-refractivity contribution >= 4 is 28.5 Å². The van der Waals surface area contributed by atoms with Gasteiger partial charge >= 0.3 is 5.97 Å².